The molecule has 9 heteroatoms. The predicted molar refractivity (Wildman–Crippen MR) is 76.7 cm³/mol. The summed E-state index contributed by atoms with van der Waals surface area (Å²) >= 11 is 0. The van der Waals surface area contributed by atoms with Crippen molar-refractivity contribution in [1.29, 1.82) is 0 Å². The Morgan fingerprint density at radius 2 is 1.91 bits per heavy atom. The number of hydrogen-bond acceptors (Lipinski definition) is 7. The maximum absolute atomic E-state index is 12.3. The predicted octanol–water partition coefficient (Wildman–Crippen LogP) is 1.12. The van der Waals surface area contributed by atoms with E-state index < -0.39 is 0 Å². The van der Waals surface area contributed by atoms with Crippen molar-refractivity contribution >= 4 is 0 Å². The lowest BCUT2D eigenvalue weighted by molar-refractivity contribution is 0.405. The Hall–Kier alpha value is -3.49. The molecule has 3 aromatic heterocycles. The summed E-state index contributed by atoms with van der Waals surface area (Å²) in [5.74, 6) is 1.01. The van der Waals surface area contributed by atoms with Crippen LogP contribution < -0.4 is 5.69 Å². The van der Waals surface area contributed by atoms with Crippen LogP contribution in [0.25, 0.3) is 17.3 Å². The third-order valence-corrected chi connectivity index (χ3v) is 3.13. The fraction of sp³-hybridized carbons (Fsp3) is 0.0714. The van der Waals surface area contributed by atoms with Gasteiger partial charge >= 0.3 is 5.69 Å². The lowest BCUT2D eigenvalue weighted by Gasteiger charge is -1.95. The van der Waals surface area contributed by atoms with Gasteiger partial charge in [-0.3, -0.25) is 0 Å². The zero-order valence-electron chi connectivity index (χ0n) is 11.7. The molecule has 9 nitrogen and oxygen atoms in total. The van der Waals surface area contributed by atoms with Crippen LogP contribution in [0.4, 0.5) is 0 Å². The quantitative estimate of drug-likeness (QED) is 0.556. The Balaban J connectivity index is 1.61. The van der Waals surface area contributed by atoms with Gasteiger partial charge in [0.2, 0.25) is 0 Å². The molecule has 0 aliphatic carbocycles. The fourth-order valence-electron chi connectivity index (χ4n) is 2.06. The smallest absolute Gasteiger partial charge is 0.368 e. The summed E-state index contributed by atoms with van der Waals surface area (Å²) in [6.07, 6.45) is 1.51. The molecule has 4 aromatic rings. The summed E-state index contributed by atoms with van der Waals surface area (Å²) in [6.45, 7) is 0.0515. The summed E-state index contributed by atoms with van der Waals surface area (Å²) in [6, 6.07) is 12.4. The zero-order chi connectivity index (χ0) is 15.6. The van der Waals surface area contributed by atoms with Crippen molar-refractivity contribution in [3.8, 4) is 17.3 Å². The third kappa shape index (κ3) is 2.44. The number of aromatic nitrogens is 6. The van der Waals surface area contributed by atoms with Gasteiger partial charge in [-0.1, -0.05) is 23.4 Å². The molecule has 0 saturated heterocycles. The van der Waals surface area contributed by atoms with Crippen molar-refractivity contribution in [2.45, 2.75) is 6.54 Å². The zero-order valence-corrected chi connectivity index (χ0v) is 11.7. The Kier molecular flexibility index (Phi) is 3.08. The van der Waals surface area contributed by atoms with Crippen molar-refractivity contribution in [1.82, 2.24) is 29.9 Å². The maximum atomic E-state index is 12.3. The lowest BCUT2D eigenvalue weighted by Crippen LogP contribution is -2.25. The molecule has 23 heavy (non-hydrogen) atoms. The number of rotatable bonds is 4. The number of hydrogen-bond donors (Lipinski definition) is 0. The van der Waals surface area contributed by atoms with Crippen LogP contribution in [0.15, 0.2) is 62.5 Å². The van der Waals surface area contributed by atoms with Gasteiger partial charge in [0.1, 0.15) is 6.54 Å². The van der Waals surface area contributed by atoms with Crippen molar-refractivity contribution in [3.05, 3.63) is 65.0 Å². The van der Waals surface area contributed by atoms with E-state index in [2.05, 4.69) is 20.6 Å². The van der Waals surface area contributed by atoms with E-state index in [-0.39, 0.29) is 18.1 Å². The van der Waals surface area contributed by atoms with Gasteiger partial charge in [-0.05, 0) is 34.7 Å². The molecule has 0 spiro atoms. The molecular weight excluding hydrogens is 300 g/mol. The van der Waals surface area contributed by atoms with E-state index in [9.17, 15) is 4.79 Å². The third-order valence-electron chi connectivity index (χ3n) is 3.13. The number of benzene rings is 1. The van der Waals surface area contributed by atoms with Crippen LogP contribution >= 0.6 is 0 Å². The first-order chi connectivity index (χ1) is 11.3. The van der Waals surface area contributed by atoms with Crippen LogP contribution in [0.1, 0.15) is 5.82 Å². The van der Waals surface area contributed by atoms with E-state index in [0.29, 0.717) is 17.3 Å². The first-order valence-electron chi connectivity index (χ1n) is 6.76. The Bertz CT molecular complexity index is 968. The molecule has 0 atom stereocenters. The summed E-state index contributed by atoms with van der Waals surface area (Å²) in [5, 5.41) is 11.5. The molecule has 1 aromatic carbocycles. The number of para-hydroxylation sites is 1. The van der Waals surface area contributed by atoms with E-state index in [1.54, 1.807) is 24.3 Å². The van der Waals surface area contributed by atoms with Gasteiger partial charge in [0.05, 0.1) is 12.0 Å². The van der Waals surface area contributed by atoms with Crippen molar-refractivity contribution in [3.63, 3.8) is 0 Å². The van der Waals surface area contributed by atoms with E-state index >= 15 is 0 Å². The monoisotopic (exact) mass is 310 g/mol. The van der Waals surface area contributed by atoms with E-state index in [4.69, 9.17) is 8.94 Å². The minimum absolute atomic E-state index is 0.0515. The van der Waals surface area contributed by atoms with Gasteiger partial charge in [0.25, 0.3) is 5.89 Å². The van der Waals surface area contributed by atoms with Crippen molar-refractivity contribution in [2.24, 2.45) is 0 Å². The highest BCUT2D eigenvalue weighted by Gasteiger charge is 2.14. The average molecular weight is 310 g/mol. The summed E-state index contributed by atoms with van der Waals surface area (Å²) in [4.78, 5) is 16.5. The molecule has 0 aliphatic rings. The van der Waals surface area contributed by atoms with Gasteiger partial charge in [-0.2, -0.15) is 14.3 Å². The second-order valence-electron chi connectivity index (χ2n) is 4.66. The van der Waals surface area contributed by atoms with Gasteiger partial charge in [-0.25, -0.2) is 4.79 Å². The fourth-order valence-corrected chi connectivity index (χ4v) is 2.06. The minimum Gasteiger partial charge on any atom is -0.459 e. The molecule has 114 valence electrons. The van der Waals surface area contributed by atoms with Crippen molar-refractivity contribution < 1.29 is 8.94 Å². The summed E-state index contributed by atoms with van der Waals surface area (Å²) in [7, 11) is 0. The SMILES string of the molecule is O=c1n(Cc2noc(-c3ccco3)n2)nnn1-c1ccccc1. The van der Waals surface area contributed by atoms with E-state index in [0.717, 1.165) is 4.68 Å². The number of tetrazole rings is 1. The molecule has 0 fully saturated rings. The molecule has 0 aliphatic heterocycles. The molecule has 3 heterocycles. The molecule has 0 saturated carbocycles. The highest BCUT2D eigenvalue weighted by molar-refractivity contribution is 5.42. The average Bonchev–Trinajstić information content (AvgIpc) is 3.31. The summed E-state index contributed by atoms with van der Waals surface area (Å²) in [5.41, 5.74) is 0.244. The summed E-state index contributed by atoms with van der Waals surface area (Å²) < 4.78 is 12.6. The topological polar surface area (TPSA) is 105 Å². The molecule has 0 radical (unpaired) electrons. The first-order valence-corrected chi connectivity index (χ1v) is 6.76. The van der Waals surface area contributed by atoms with E-state index in [1.807, 2.05) is 18.2 Å². The van der Waals surface area contributed by atoms with Crippen LogP contribution in [-0.4, -0.2) is 29.9 Å². The molecule has 0 bridgehead atoms. The first kappa shape index (κ1) is 13.2. The molecular formula is C14H10N6O3. The van der Waals surface area contributed by atoms with Gasteiger partial charge < -0.3 is 8.94 Å². The molecule has 0 N–H and O–H groups in total. The standard InChI is InChI=1S/C14H10N6O3/c21-14-19(17-18-20(14)10-5-2-1-3-6-10)9-12-15-13(23-16-12)11-7-4-8-22-11/h1-8H,9H2. The van der Waals surface area contributed by atoms with Crippen molar-refractivity contribution in [2.75, 3.05) is 0 Å². The highest BCUT2D eigenvalue weighted by atomic mass is 16.5. The second kappa shape index (κ2) is 5.37. The highest BCUT2D eigenvalue weighted by Crippen LogP contribution is 2.17. The van der Waals surface area contributed by atoms with Crippen LogP contribution in [-0.2, 0) is 6.54 Å². The second-order valence-corrected chi connectivity index (χ2v) is 4.66. The normalized spacial score (nSPS) is 11.0. The maximum Gasteiger partial charge on any atom is 0.368 e. The lowest BCUT2D eigenvalue weighted by atomic mass is 10.3. The number of nitrogens with zero attached hydrogens (tertiary/aromatic N) is 6. The van der Waals surface area contributed by atoms with Gasteiger partial charge in [0, 0.05) is 0 Å². The largest absolute Gasteiger partial charge is 0.459 e. The Labute approximate surface area is 128 Å². The van der Waals surface area contributed by atoms with Crippen LogP contribution in [0.3, 0.4) is 0 Å². The molecule has 0 unspecified atom stereocenters. The number of furan rings is 1. The van der Waals surface area contributed by atoms with Crippen LogP contribution in [0.2, 0.25) is 0 Å². The minimum atomic E-state index is -0.388. The molecule has 0 amide bonds. The van der Waals surface area contributed by atoms with Gasteiger partial charge in [-0.15, -0.1) is 0 Å². The Morgan fingerprint density at radius 1 is 1.04 bits per heavy atom. The van der Waals surface area contributed by atoms with Gasteiger partial charge in [0.15, 0.2) is 11.6 Å². The van der Waals surface area contributed by atoms with Crippen LogP contribution in [0, 0.1) is 0 Å². The Morgan fingerprint density at radius 3 is 2.70 bits per heavy atom. The molecule has 4 rings (SSSR count). The van der Waals surface area contributed by atoms with E-state index in [1.165, 1.54) is 10.9 Å². The van der Waals surface area contributed by atoms with Crippen LogP contribution in [0.5, 0.6) is 0 Å².